The average molecular weight is 112 g/mol. The Balaban J connectivity index is 2.32. The van der Waals surface area contributed by atoms with E-state index in [1.54, 1.807) is 0 Å². The molecule has 0 spiro atoms. The topological polar surface area (TPSA) is 9.23 Å². The lowest BCUT2D eigenvalue weighted by Gasteiger charge is -2.13. The van der Waals surface area contributed by atoms with Crippen molar-refractivity contribution in [1.29, 1.82) is 0 Å². The Morgan fingerprint density at radius 3 is 3.00 bits per heavy atom. The number of ether oxygens (including phenoxy) is 1. The third-order valence-electron chi connectivity index (χ3n) is 1.48. The second-order valence-electron chi connectivity index (χ2n) is 2.13. The Morgan fingerprint density at radius 1 is 1.75 bits per heavy atom. The molecule has 0 aromatic heterocycles. The van der Waals surface area contributed by atoms with E-state index in [-0.39, 0.29) is 0 Å². The second-order valence-corrected chi connectivity index (χ2v) is 2.13. The molecular formula is C7H12O. The molecule has 0 amide bonds. The molecule has 1 nitrogen and oxygen atoms in total. The van der Waals surface area contributed by atoms with Gasteiger partial charge in [-0.3, -0.25) is 0 Å². The largest absolute Gasteiger partial charge is 0.377 e. The fourth-order valence-electron chi connectivity index (χ4n) is 0.845. The van der Waals surface area contributed by atoms with Crippen LogP contribution in [0.5, 0.6) is 0 Å². The van der Waals surface area contributed by atoms with Crippen LogP contribution < -0.4 is 0 Å². The molecule has 0 aromatic rings. The fourth-order valence-corrected chi connectivity index (χ4v) is 0.845. The SMILES string of the molecule is CCC1C=CCOC1. The van der Waals surface area contributed by atoms with Gasteiger partial charge in [0.15, 0.2) is 0 Å². The lowest BCUT2D eigenvalue weighted by molar-refractivity contribution is 0.124. The van der Waals surface area contributed by atoms with Gasteiger partial charge in [0.05, 0.1) is 13.2 Å². The molecule has 1 aliphatic heterocycles. The first-order chi connectivity index (χ1) is 3.93. The zero-order valence-electron chi connectivity index (χ0n) is 5.26. The van der Waals surface area contributed by atoms with Gasteiger partial charge in [-0.2, -0.15) is 0 Å². The third-order valence-corrected chi connectivity index (χ3v) is 1.48. The molecule has 0 aromatic carbocycles. The molecule has 1 heteroatoms. The van der Waals surface area contributed by atoms with E-state index in [0.717, 1.165) is 13.2 Å². The van der Waals surface area contributed by atoms with Gasteiger partial charge in [-0.25, -0.2) is 0 Å². The van der Waals surface area contributed by atoms with Crippen LogP contribution in [0.15, 0.2) is 12.2 Å². The molecule has 0 bridgehead atoms. The van der Waals surface area contributed by atoms with Crippen LogP contribution in [0, 0.1) is 5.92 Å². The minimum Gasteiger partial charge on any atom is -0.377 e. The van der Waals surface area contributed by atoms with E-state index in [1.165, 1.54) is 6.42 Å². The van der Waals surface area contributed by atoms with Crippen molar-refractivity contribution in [2.45, 2.75) is 13.3 Å². The summed E-state index contributed by atoms with van der Waals surface area (Å²) >= 11 is 0. The fraction of sp³-hybridized carbons (Fsp3) is 0.714. The molecular weight excluding hydrogens is 100 g/mol. The zero-order chi connectivity index (χ0) is 5.82. The van der Waals surface area contributed by atoms with Gasteiger partial charge in [-0.1, -0.05) is 19.1 Å². The Labute approximate surface area is 50.3 Å². The summed E-state index contributed by atoms with van der Waals surface area (Å²) in [6, 6.07) is 0. The summed E-state index contributed by atoms with van der Waals surface area (Å²) < 4.78 is 5.19. The molecule has 0 N–H and O–H groups in total. The van der Waals surface area contributed by atoms with Crippen LogP contribution in [-0.2, 0) is 4.74 Å². The summed E-state index contributed by atoms with van der Waals surface area (Å²) in [4.78, 5) is 0. The van der Waals surface area contributed by atoms with Gasteiger partial charge in [0.1, 0.15) is 0 Å². The van der Waals surface area contributed by atoms with Gasteiger partial charge in [-0.05, 0) is 6.42 Å². The molecule has 1 heterocycles. The zero-order valence-corrected chi connectivity index (χ0v) is 5.26. The van der Waals surface area contributed by atoms with Gasteiger partial charge in [-0.15, -0.1) is 0 Å². The van der Waals surface area contributed by atoms with Crippen LogP contribution in [0.4, 0.5) is 0 Å². The van der Waals surface area contributed by atoms with Gasteiger partial charge in [0.25, 0.3) is 0 Å². The van der Waals surface area contributed by atoms with Crippen molar-refractivity contribution in [2.24, 2.45) is 5.92 Å². The van der Waals surface area contributed by atoms with Crippen LogP contribution in [0.1, 0.15) is 13.3 Å². The minimum absolute atomic E-state index is 0.684. The molecule has 0 aliphatic carbocycles. The molecule has 8 heavy (non-hydrogen) atoms. The van der Waals surface area contributed by atoms with E-state index in [1.807, 2.05) is 0 Å². The summed E-state index contributed by atoms with van der Waals surface area (Å²) in [5.41, 5.74) is 0. The highest BCUT2D eigenvalue weighted by Crippen LogP contribution is 2.08. The molecule has 0 saturated carbocycles. The quantitative estimate of drug-likeness (QED) is 0.468. The van der Waals surface area contributed by atoms with Gasteiger partial charge in [0.2, 0.25) is 0 Å². The van der Waals surface area contributed by atoms with Crippen molar-refractivity contribution in [3.63, 3.8) is 0 Å². The van der Waals surface area contributed by atoms with Crippen molar-refractivity contribution >= 4 is 0 Å². The third kappa shape index (κ3) is 1.34. The molecule has 1 aliphatic rings. The Kier molecular flexibility index (Phi) is 2.10. The van der Waals surface area contributed by atoms with E-state index >= 15 is 0 Å². The highest BCUT2D eigenvalue weighted by Gasteiger charge is 2.03. The molecule has 1 rings (SSSR count). The molecule has 0 fully saturated rings. The lowest BCUT2D eigenvalue weighted by Crippen LogP contribution is -2.10. The summed E-state index contributed by atoms with van der Waals surface area (Å²) in [7, 11) is 0. The van der Waals surface area contributed by atoms with Gasteiger partial charge < -0.3 is 4.74 Å². The summed E-state index contributed by atoms with van der Waals surface area (Å²) in [6.07, 6.45) is 5.54. The number of rotatable bonds is 1. The summed E-state index contributed by atoms with van der Waals surface area (Å²) in [5.74, 6) is 0.684. The van der Waals surface area contributed by atoms with E-state index in [9.17, 15) is 0 Å². The first kappa shape index (κ1) is 5.83. The van der Waals surface area contributed by atoms with Crippen LogP contribution in [-0.4, -0.2) is 13.2 Å². The van der Waals surface area contributed by atoms with Crippen LogP contribution >= 0.6 is 0 Å². The monoisotopic (exact) mass is 112 g/mol. The number of hydrogen-bond donors (Lipinski definition) is 0. The van der Waals surface area contributed by atoms with Crippen molar-refractivity contribution in [1.82, 2.24) is 0 Å². The van der Waals surface area contributed by atoms with Crippen molar-refractivity contribution in [3.05, 3.63) is 12.2 Å². The summed E-state index contributed by atoms with van der Waals surface area (Å²) in [6.45, 7) is 3.92. The maximum atomic E-state index is 5.19. The maximum Gasteiger partial charge on any atom is 0.0647 e. The van der Waals surface area contributed by atoms with E-state index in [4.69, 9.17) is 4.74 Å². The van der Waals surface area contributed by atoms with Gasteiger partial charge >= 0.3 is 0 Å². The normalized spacial score (nSPS) is 28.4. The van der Waals surface area contributed by atoms with Crippen molar-refractivity contribution in [2.75, 3.05) is 13.2 Å². The minimum atomic E-state index is 0.684. The van der Waals surface area contributed by atoms with E-state index < -0.39 is 0 Å². The Bertz CT molecular complexity index is 86.4. The molecule has 1 atom stereocenters. The van der Waals surface area contributed by atoms with E-state index in [2.05, 4.69) is 19.1 Å². The van der Waals surface area contributed by atoms with Gasteiger partial charge in [0, 0.05) is 5.92 Å². The van der Waals surface area contributed by atoms with Crippen LogP contribution in [0.25, 0.3) is 0 Å². The summed E-state index contributed by atoms with van der Waals surface area (Å²) in [5, 5.41) is 0. The second kappa shape index (κ2) is 2.88. The molecule has 0 radical (unpaired) electrons. The average Bonchev–Trinajstić information content (AvgIpc) is 1.90. The van der Waals surface area contributed by atoms with Crippen LogP contribution in [0.3, 0.4) is 0 Å². The predicted octanol–water partition coefficient (Wildman–Crippen LogP) is 1.60. The van der Waals surface area contributed by atoms with Crippen molar-refractivity contribution < 1.29 is 4.74 Å². The number of hydrogen-bond acceptors (Lipinski definition) is 1. The maximum absolute atomic E-state index is 5.19. The molecule has 0 saturated heterocycles. The standard InChI is InChI=1S/C7H12O/c1-2-7-4-3-5-8-6-7/h3-4,7H,2,5-6H2,1H3. The smallest absolute Gasteiger partial charge is 0.0647 e. The molecule has 1 unspecified atom stereocenters. The molecule has 46 valence electrons. The Hall–Kier alpha value is -0.300. The van der Waals surface area contributed by atoms with Crippen molar-refractivity contribution in [3.8, 4) is 0 Å². The Morgan fingerprint density at radius 2 is 2.62 bits per heavy atom. The highest BCUT2D eigenvalue weighted by molar-refractivity contribution is 4.90. The first-order valence-electron chi connectivity index (χ1n) is 3.18. The van der Waals surface area contributed by atoms with Crippen LogP contribution in [0.2, 0.25) is 0 Å². The lowest BCUT2D eigenvalue weighted by atomic mass is 10.1. The predicted molar refractivity (Wildman–Crippen MR) is 33.7 cm³/mol. The first-order valence-corrected chi connectivity index (χ1v) is 3.18. The van der Waals surface area contributed by atoms with E-state index in [0.29, 0.717) is 5.92 Å². The highest BCUT2D eigenvalue weighted by atomic mass is 16.5.